The van der Waals surface area contributed by atoms with Gasteiger partial charge in [0.2, 0.25) is 0 Å². The normalized spacial score (nSPS) is 18.7. The Labute approximate surface area is 178 Å². The summed E-state index contributed by atoms with van der Waals surface area (Å²) in [6, 6.07) is 4.16. The van der Waals surface area contributed by atoms with Gasteiger partial charge < -0.3 is 4.74 Å². The number of carbonyl (C=O) groups is 2. The molecular formula is C25H29NO4. The van der Waals surface area contributed by atoms with Crippen LogP contribution in [0.3, 0.4) is 0 Å². The van der Waals surface area contributed by atoms with Gasteiger partial charge in [-0.3, -0.25) is 9.59 Å². The molecule has 0 saturated heterocycles. The quantitative estimate of drug-likeness (QED) is 0.518. The van der Waals surface area contributed by atoms with Crippen molar-refractivity contribution in [3.05, 3.63) is 57.7 Å². The second-order valence-electron chi connectivity index (χ2n) is 8.41. The lowest BCUT2D eigenvalue weighted by molar-refractivity contribution is -0.120. The first kappa shape index (κ1) is 21.9. The summed E-state index contributed by atoms with van der Waals surface area (Å²) in [7, 11) is 1.42. The number of benzene rings is 1. The molecule has 0 fully saturated rings. The molecule has 0 saturated carbocycles. The van der Waals surface area contributed by atoms with Gasteiger partial charge in [0, 0.05) is 7.11 Å². The van der Waals surface area contributed by atoms with E-state index in [1.165, 1.54) is 24.2 Å². The first-order valence-electron chi connectivity index (χ1n) is 10.5. The maximum atomic E-state index is 13.6. The molecular weight excluding hydrogens is 378 g/mol. The molecule has 1 aromatic carbocycles. The Morgan fingerprint density at radius 1 is 1.03 bits per heavy atom. The van der Waals surface area contributed by atoms with Gasteiger partial charge in [-0.1, -0.05) is 53.2 Å². The standard InChI is InChI=1S/C25H29NO4/c1-7-8-19-17(14(2)3)11-12-18(15(4)5)22(19)26-24(28)20-10-9-16(13-27)23(30-6)21(20)25(26)29/h9-12,14-15,23H,7-8H2,1-6H3. The van der Waals surface area contributed by atoms with Crippen LogP contribution in [0.25, 0.3) is 0 Å². The minimum atomic E-state index is -0.880. The van der Waals surface area contributed by atoms with Crippen LogP contribution in [0.1, 0.15) is 69.6 Å². The SMILES string of the molecule is CCCc1c(C(C)C)ccc(C(C)C)c1N1C(=O)C2=C(C1=O)C(OC)C(=C=O)C=C2. The van der Waals surface area contributed by atoms with Crippen molar-refractivity contribution in [1.82, 2.24) is 0 Å². The highest BCUT2D eigenvalue weighted by Crippen LogP contribution is 2.42. The fourth-order valence-corrected chi connectivity index (χ4v) is 4.38. The summed E-state index contributed by atoms with van der Waals surface area (Å²) in [5.74, 6) is 1.45. The average Bonchev–Trinajstić information content (AvgIpc) is 2.97. The minimum absolute atomic E-state index is 0.134. The Kier molecular flexibility index (Phi) is 6.25. The van der Waals surface area contributed by atoms with Gasteiger partial charge in [-0.2, -0.15) is 0 Å². The number of methoxy groups -OCH3 is 1. The molecule has 0 N–H and O–H groups in total. The van der Waals surface area contributed by atoms with Gasteiger partial charge in [-0.15, -0.1) is 0 Å². The van der Waals surface area contributed by atoms with Crippen molar-refractivity contribution in [2.24, 2.45) is 0 Å². The number of hydrogen-bond donors (Lipinski definition) is 0. The van der Waals surface area contributed by atoms with E-state index in [4.69, 9.17) is 4.74 Å². The summed E-state index contributed by atoms with van der Waals surface area (Å²) in [5.41, 5.74) is 4.58. The number of nitrogens with zero attached hydrogens (tertiary/aromatic N) is 1. The van der Waals surface area contributed by atoms with Crippen LogP contribution in [-0.4, -0.2) is 31.0 Å². The molecule has 1 atom stereocenters. The van der Waals surface area contributed by atoms with Crippen LogP contribution in [0.5, 0.6) is 0 Å². The molecule has 3 rings (SSSR count). The zero-order valence-corrected chi connectivity index (χ0v) is 18.5. The minimum Gasteiger partial charge on any atom is -0.371 e. The molecule has 0 bridgehead atoms. The monoisotopic (exact) mass is 407 g/mol. The molecule has 30 heavy (non-hydrogen) atoms. The van der Waals surface area contributed by atoms with Crippen molar-refractivity contribution in [1.29, 1.82) is 0 Å². The van der Waals surface area contributed by atoms with Crippen molar-refractivity contribution in [3.63, 3.8) is 0 Å². The molecule has 1 aliphatic heterocycles. The van der Waals surface area contributed by atoms with E-state index in [0.717, 1.165) is 29.5 Å². The molecule has 158 valence electrons. The molecule has 0 spiro atoms. The molecule has 2 aliphatic rings. The van der Waals surface area contributed by atoms with E-state index in [0.29, 0.717) is 5.69 Å². The number of imide groups is 1. The first-order chi connectivity index (χ1) is 14.3. The lowest BCUT2D eigenvalue weighted by Crippen LogP contribution is -2.35. The summed E-state index contributed by atoms with van der Waals surface area (Å²) in [6.45, 7) is 10.5. The maximum absolute atomic E-state index is 13.6. The van der Waals surface area contributed by atoms with E-state index in [1.807, 2.05) is 12.0 Å². The van der Waals surface area contributed by atoms with Gasteiger partial charge in [0.1, 0.15) is 12.0 Å². The number of ether oxygens (including phenoxy) is 1. The highest BCUT2D eigenvalue weighted by molar-refractivity contribution is 6.35. The van der Waals surface area contributed by atoms with E-state index >= 15 is 0 Å². The topological polar surface area (TPSA) is 63.7 Å². The largest absolute Gasteiger partial charge is 0.371 e. The number of anilines is 1. The maximum Gasteiger partial charge on any atom is 0.265 e. The molecule has 2 amide bonds. The zero-order valence-electron chi connectivity index (χ0n) is 18.5. The third-order valence-corrected chi connectivity index (χ3v) is 5.80. The molecule has 1 aromatic rings. The Balaban J connectivity index is 2.26. The lowest BCUT2D eigenvalue weighted by atomic mass is 9.87. The van der Waals surface area contributed by atoms with Crippen molar-refractivity contribution in [2.75, 3.05) is 12.0 Å². The highest BCUT2D eigenvalue weighted by Gasteiger charge is 2.46. The number of rotatable bonds is 6. The number of hydrogen-bond acceptors (Lipinski definition) is 4. The average molecular weight is 408 g/mol. The molecule has 1 heterocycles. The van der Waals surface area contributed by atoms with Gasteiger partial charge in [0.05, 0.1) is 22.4 Å². The van der Waals surface area contributed by atoms with Crippen LogP contribution in [0, 0.1) is 0 Å². The molecule has 5 heteroatoms. The van der Waals surface area contributed by atoms with Gasteiger partial charge in [0.15, 0.2) is 0 Å². The Hall–Kier alpha value is -2.75. The predicted octanol–water partition coefficient (Wildman–Crippen LogP) is 4.40. The Morgan fingerprint density at radius 3 is 2.20 bits per heavy atom. The fraction of sp³-hybridized carbons (Fsp3) is 0.440. The van der Waals surface area contributed by atoms with Crippen molar-refractivity contribution in [2.45, 2.75) is 65.4 Å². The third kappa shape index (κ3) is 3.38. The van der Waals surface area contributed by atoms with Gasteiger partial charge in [-0.25, -0.2) is 9.69 Å². The van der Waals surface area contributed by atoms with Crippen LogP contribution in [0.4, 0.5) is 5.69 Å². The Bertz CT molecular complexity index is 1010. The van der Waals surface area contributed by atoms with Crippen LogP contribution < -0.4 is 4.90 Å². The van der Waals surface area contributed by atoms with Crippen LogP contribution in [0.15, 0.2) is 41.0 Å². The smallest absolute Gasteiger partial charge is 0.265 e. The lowest BCUT2D eigenvalue weighted by Gasteiger charge is -2.28. The van der Waals surface area contributed by atoms with Crippen molar-refractivity contribution >= 4 is 23.4 Å². The fourth-order valence-electron chi connectivity index (χ4n) is 4.38. The van der Waals surface area contributed by atoms with Crippen molar-refractivity contribution in [3.8, 4) is 0 Å². The van der Waals surface area contributed by atoms with Gasteiger partial charge in [-0.05, 0) is 47.1 Å². The van der Waals surface area contributed by atoms with E-state index < -0.39 is 12.0 Å². The zero-order chi connectivity index (χ0) is 22.2. The second-order valence-corrected chi connectivity index (χ2v) is 8.41. The summed E-state index contributed by atoms with van der Waals surface area (Å²) in [5, 5.41) is 0. The van der Waals surface area contributed by atoms with Crippen molar-refractivity contribution < 1.29 is 19.1 Å². The van der Waals surface area contributed by atoms with Crippen LogP contribution >= 0.6 is 0 Å². The summed E-state index contributed by atoms with van der Waals surface area (Å²) in [4.78, 5) is 39.7. The summed E-state index contributed by atoms with van der Waals surface area (Å²) < 4.78 is 5.42. The van der Waals surface area contributed by atoms with E-state index in [-0.39, 0.29) is 34.5 Å². The summed E-state index contributed by atoms with van der Waals surface area (Å²) in [6.07, 6.45) is 3.83. The number of carbonyl (C=O) groups excluding carboxylic acids is 3. The molecule has 0 radical (unpaired) electrons. The predicted molar refractivity (Wildman–Crippen MR) is 117 cm³/mol. The van der Waals surface area contributed by atoms with E-state index in [2.05, 4.69) is 40.7 Å². The molecule has 1 aliphatic carbocycles. The Morgan fingerprint density at radius 2 is 1.67 bits per heavy atom. The molecule has 5 nitrogen and oxygen atoms in total. The highest BCUT2D eigenvalue weighted by atomic mass is 16.5. The third-order valence-electron chi connectivity index (χ3n) is 5.80. The van der Waals surface area contributed by atoms with E-state index in [9.17, 15) is 14.4 Å². The first-order valence-corrected chi connectivity index (χ1v) is 10.5. The molecule has 0 aromatic heterocycles. The van der Waals surface area contributed by atoms with E-state index in [1.54, 1.807) is 0 Å². The van der Waals surface area contributed by atoms with Gasteiger partial charge >= 0.3 is 0 Å². The second kappa shape index (κ2) is 8.55. The summed E-state index contributed by atoms with van der Waals surface area (Å²) >= 11 is 0. The number of amides is 2. The van der Waals surface area contributed by atoms with Crippen LogP contribution in [-0.2, 0) is 25.5 Å². The molecule has 1 unspecified atom stereocenters. The van der Waals surface area contributed by atoms with Crippen LogP contribution in [0.2, 0.25) is 0 Å². The van der Waals surface area contributed by atoms with Gasteiger partial charge in [0.25, 0.3) is 11.8 Å².